The molecule has 0 aliphatic carbocycles. The standard InChI is InChI=1S/C15H22N2O2/c1-4-15(5-2,13(18)16-3)14(19)17-11-12-9-7-6-8-10-12/h6-10H,4-5,11H2,1-3H3,(H,16,18)(H,17,19). The van der Waals surface area contributed by atoms with Gasteiger partial charge in [0.05, 0.1) is 0 Å². The number of rotatable bonds is 6. The molecular formula is C15H22N2O2. The summed E-state index contributed by atoms with van der Waals surface area (Å²) < 4.78 is 0. The third kappa shape index (κ3) is 3.34. The Bertz CT molecular complexity index is 425. The van der Waals surface area contributed by atoms with E-state index in [1.165, 1.54) is 0 Å². The summed E-state index contributed by atoms with van der Waals surface area (Å²) in [6, 6.07) is 9.66. The lowest BCUT2D eigenvalue weighted by atomic mass is 9.80. The fourth-order valence-electron chi connectivity index (χ4n) is 2.18. The summed E-state index contributed by atoms with van der Waals surface area (Å²) in [5.41, 5.74) is 0.0534. The minimum atomic E-state index is -0.969. The molecule has 2 N–H and O–H groups in total. The molecule has 0 aliphatic rings. The molecule has 0 saturated carbocycles. The van der Waals surface area contributed by atoms with Crippen LogP contribution in [0.25, 0.3) is 0 Å². The smallest absolute Gasteiger partial charge is 0.235 e. The molecule has 0 aliphatic heterocycles. The molecule has 0 atom stereocenters. The van der Waals surface area contributed by atoms with Gasteiger partial charge in [0.1, 0.15) is 5.41 Å². The van der Waals surface area contributed by atoms with Gasteiger partial charge in [-0.3, -0.25) is 9.59 Å². The zero-order chi connectivity index (χ0) is 14.3. The summed E-state index contributed by atoms with van der Waals surface area (Å²) in [4.78, 5) is 24.3. The second-order valence-corrected chi connectivity index (χ2v) is 4.54. The molecular weight excluding hydrogens is 240 g/mol. The first-order valence-electron chi connectivity index (χ1n) is 6.65. The van der Waals surface area contributed by atoms with Crippen molar-refractivity contribution in [3.63, 3.8) is 0 Å². The number of nitrogens with one attached hydrogen (secondary N) is 2. The second kappa shape index (κ2) is 6.92. The van der Waals surface area contributed by atoms with E-state index in [-0.39, 0.29) is 11.8 Å². The van der Waals surface area contributed by atoms with Crippen molar-refractivity contribution in [2.75, 3.05) is 7.05 Å². The molecule has 0 saturated heterocycles. The first-order chi connectivity index (χ1) is 9.10. The van der Waals surface area contributed by atoms with Gasteiger partial charge in [-0.25, -0.2) is 0 Å². The van der Waals surface area contributed by atoms with E-state index in [1.807, 2.05) is 44.2 Å². The summed E-state index contributed by atoms with van der Waals surface area (Å²) >= 11 is 0. The average Bonchev–Trinajstić information content (AvgIpc) is 2.47. The van der Waals surface area contributed by atoms with Crippen LogP contribution in [0.4, 0.5) is 0 Å². The minimum absolute atomic E-state index is 0.208. The zero-order valence-corrected chi connectivity index (χ0v) is 11.8. The van der Waals surface area contributed by atoms with Crippen LogP contribution in [0, 0.1) is 5.41 Å². The molecule has 4 heteroatoms. The van der Waals surface area contributed by atoms with Crippen LogP contribution in [0.2, 0.25) is 0 Å². The van der Waals surface area contributed by atoms with Gasteiger partial charge in [0.2, 0.25) is 11.8 Å². The Morgan fingerprint density at radius 2 is 1.63 bits per heavy atom. The highest BCUT2D eigenvalue weighted by atomic mass is 16.2. The summed E-state index contributed by atoms with van der Waals surface area (Å²) in [6.07, 6.45) is 0.980. The Labute approximate surface area is 114 Å². The average molecular weight is 262 g/mol. The lowest BCUT2D eigenvalue weighted by Gasteiger charge is -2.28. The maximum absolute atomic E-state index is 12.3. The first kappa shape index (κ1) is 15.2. The van der Waals surface area contributed by atoms with Gasteiger partial charge in [0.25, 0.3) is 0 Å². The normalized spacial score (nSPS) is 10.9. The zero-order valence-electron chi connectivity index (χ0n) is 11.8. The topological polar surface area (TPSA) is 58.2 Å². The van der Waals surface area contributed by atoms with Crippen molar-refractivity contribution in [3.05, 3.63) is 35.9 Å². The van der Waals surface area contributed by atoms with Crippen LogP contribution in [-0.4, -0.2) is 18.9 Å². The highest BCUT2D eigenvalue weighted by Gasteiger charge is 2.41. The Morgan fingerprint density at radius 1 is 1.05 bits per heavy atom. The van der Waals surface area contributed by atoms with Crippen molar-refractivity contribution in [1.82, 2.24) is 10.6 Å². The van der Waals surface area contributed by atoms with E-state index in [4.69, 9.17) is 0 Å². The summed E-state index contributed by atoms with van der Waals surface area (Å²) in [5, 5.41) is 5.44. The highest BCUT2D eigenvalue weighted by Crippen LogP contribution is 2.27. The minimum Gasteiger partial charge on any atom is -0.358 e. The van der Waals surface area contributed by atoms with Crippen molar-refractivity contribution in [2.24, 2.45) is 5.41 Å². The van der Waals surface area contributed by atoms with Gasteiger partial charge in [0, 0.05) is 13.6 Å². The summed E-state index contributed by atoms with van der Waals surface area (Å²) in [6.45, 7) is 4.17. The Morgan fingerprint density at radius 3 is 2.11 bits per heavy atom. The number of hydrogen-bond donors (Lipinski definition) is 2. The van der Waals surface area contributed by atoms with E-state index in [0.29, 0.717) is 19.4 Å². The van der Waals surface area contributed by atoms with Crippen LogP contribution in [0.15, 0.2) is 30.3 Å². The maximum atomic E-state index is 12.3. The van der Waals surface area contributed by atoms with Crippen molar-refractivity contribution >= 4 is 11.8 Å². The predicted molar refractivity (Wildman–Crippen MR) is 75.4 cm³/mol. The quantitative estimate of drug-likeness (QED) is 0.769. The monoisotopic (exact) mass is 262 g/mol. The second-order valence-electron chi connectivity index (χ2n) is 4.54. The Kier molecular flexibility index (Phi) is 5.55. The van der Waals surface area contributed by atoms with Gasteiger partial charge >= 0.3 is 0 Å². The van der Waals surface area contributed by atoms with E-state index >= 15 is 0 Å². The third-order valence-electron chi connectivity index (χ3n) is 3.60. The van der Waals surface area contributed by atoms with Crippen LogP contribution < -0.4 is 10.6 Å². The van der Waals surface area contributed by atoms with Crippen molar-refractivity contribution in [3.8, 4) is 0 Å². The van der Waals surface area contributed by atoms with E-state index in [9.17, 15) is 9.59 Å². The molecule has 0 fully saturated rings. The number of carbonyl (C=O) groups is 2. The van der Waals surface area contributed by atoms with Crippen LogP contribution in [0.5, 0.6) is 0 Å². The maximum Gasteiger partial charge on any atom is 0.235 e. The third-order valence-corrected chi connectivity index (χ3v) is 3.60. The van der Waals surface area contributed by atoms with Crippen LogP contribution in [-0.2, 0) is 16.1 Å². The number of amides is 2. The van der Waals surface area contributed by atoms with Gasteiger partial charge in [-0.15, -0.1) is 0 Å². The number of benzene rings is 1. The Balaban J connectivity index is 2.76. The first-order valence-corrected chi connectivity index (χ1v) is 6.65. The van der Waals surface area contributed by atoms with E-state index < -0.39 is 5.41 Å². The van der Waals surface area contributed by atoms with Gasteiger partial charge < -0.3 is 10.6 Å². The highest BCUT2D eigenvalue weighted by molar-refractivity contribution is 6.04. The molecule has 1 rings (SSSR count). The van der Waals surface area contributed by atoms with E-state index in [0.717, 1.165) is 5.56 Å². The molecule has 0 bridgehead atoms. The van der Waals surface area contributed by atoms with Crippen LogP contribution in [0.1, 0.15) is 32.3 Å². The summed E-state index contributed by atoms with van der Waals surface area (Å²) in [7, 11) is 1.56. The SMILES string of the molecule is CCC(CC)(C(=O)NC)C(=O)NCc1ccccc1. The van der Waals surface area contributed by atoms with Crippen molar-refractivity contribution < 1.29 is 9.59 Å². The number of carbonyl (C=O) groups excluding carboxylic acids is 2. The molecule has 0 aromatic heterocycles. The van der Waals surface area contributed by atoms with Gasteiger partial charge in [0.15, 0.2) is 0 Å². The fourth-order valence-corrected chi connectivity index (χ4v) is 2.18. The lowest BCUT2D eigenvalue weighted by molar-refractivity contribution is -0.144. The fraction of sp³-hybridized carbons (Fsp3) is 0.467. The molecule has 19 heavy (non-hydrogen) atoms. The van der Waals surface area contributed by atoms with Crippen molar-refractivity contribution in [2.45, 2.75) is 33.2 Å². The van der Waals surface area contributed by atoms with Gasteiger partial charge in [-0.1, -0.05) is 44.2 Å². The van der Waals surface area contributed by atoms with Gasteiger partial charge in [-0.05, 0) is 18.4 Å². The largest absolute Gasteiger partial charge is 0.358 e. The molecule has 1 aromatic rings. The molecule has 4 nitrogen and oxygen atoms in total. The molecule has 0 radical (unpaired) electrons. The number of hydrogen-bond acceptors (Lipinski definition) is 2. The van der Waals surface area contributed by atoms with Crippen LogP contribution in [0.3, 0.4) is 0 Å². The predicted octanol–water partition coefficient (Wildman–Crippen LogP) is 1.86. The lowest BCUT2D eigenvalue weighted by Crippen LogP contribution is -2.49. The molecule has 0 unspecified atom stereocenters. The Hall–Kier alpha value is -1.84. The molecule has 2 amide bonds. The molecule has 0 heterocycles. The van der Waals surface area contributed by atoms with Crippen molar-refractivity contribution in [1.29, 1.82) is 0 Å². The molecule has 1 aromatic carbocycles. The summed E-state index contributed by atoms with van der Waals surface area (Å²) in [5.74, 6) is -0.427. The molecule has 104 valence electrons. The van der Waals surface area contributed by atoms with E-state index in [2.05, 4.69) is 10.6 Å². The van der Waals surface area contributed by atoms with Crippen LogP contribution >= 0.6 is 0 Å². The van der Waals surface area contributed by atoms with Gasteiger partial charge in [-0.2, -0.15) is 0 Å². The molecule has 0 spiro atoms. The van der Waals surface area contributed by atoms with E-state index in [1.54, 1.807) is 7.05 Å².